The molecule has 5 heteroatoms. The zero-order valence-electron chi connectivity index (χ0n) is 15.3. The molecule has 1 heterocycles. The molecule has 1 aromatic rings. The van der Waals surface area contributed by atoms with E-state index in [1.54, 1.807) is 12.2 Å². The summed E-state index contributed by atoms with van der Waals surface area (Å²) in [6.45, 7) is 10.8. The molecule has 1 aliphatic heterocycles. The minimum absolute atomic E-state index is 0.184. The lowest BCUT2D eigenvalue weighted by atomic mass is 10.0. The normalized spacial score (nSPS) is 17.4. The Balaban J connectivity index is 2.13. The Morgan fingerprint density at radius 2 is 2.00 bits per heavy atom. The maximum atomic E-state index is 13.8. The molecule has 0 bridgehead atoms. The molecule has 25 heavy (non-hydrogen) atoms. The fourth-order valence-corrected chi connectivity index (χ4v) is 3.06. The summed E-state index contributed by atoms with van der Waals surface area (Å²) in [6.07, 6.45) is 6.83. The van der Waals surface area contributed by atoms with Gasteiger partial charge in [0.15, 0.2) is 0 Å². The monoisotopic (exact) mass is 345 g/mol. The Bertz CT molecular complexity index is 634. The summed E-state index contributed by atoms with van der Waals surface area (Å²) in [5.41, 5.74) is 1.82. The predicted octanol–water partition coefficient (Wildman–Crippen LogP) is 3.28. The Morgan fingerprint density at radius 3 is 2.64 bits per heavy atom. The Labute approximate surface area is 150 Å². The van der Waals surface area contributed by atoms with Crippen molar-refractivity contribution in [3.05, 3.63) is 53.9 Å². The van der Waals surface area contributed by atoms with Crippen LogP contribution in [0, 0.1) is 5.82 Å². The maximum absolute atomic E-state index is 13.8. The quantitative estimate of drug-likeness (QED) is 0.635. The van der Waals surface area contributed by atoms with Crippen LogP contribution in [0.15, 0.2) is 42.5 Å². The van der Waals surface area contributed by atoms with E-state index in [0.717, 1.165) is 44.0 Å². The van der Waals surface area contributed by atoms with Gasteiger partial charge in [-0.15, -0.1) is 0 Å². The molecule has 1 atom stereocenters. The van der Waals surface area contributed by atoms with Crippen molar-refractivity contribution < 1.29 is 9.18 Å². The number of hydrogen-bond donors (Lipinski definition) is 1. The van der Waals surface area contributed by atoms with Crippen LogP contribution >= 0.6 is 0 Å². The highest BCUT2D eigenvalue weighted by Crippen LogP contribution is 2.28. The van der Waals surface area contributed by atoms with Crippen LogP contribution < -0.4 is 10.2 Å². The number of nitrogens with zero attached hydrogens (tertiary/aromatic N) is 2. The van der Waals surface area contributed by atoms with Crippen LogP contribution in [-0.4, -0.2) is 43.5 Å². The van der Waals surface area contributed by atoms with Gasteiger partial charge in [-0.2, -0.15) is 0 Å². The number of nitrogens with one attached hydrogen (secondary N) is 1. The van der Waals surface area contributed by atoms with Crippen LogP contribution in [0.3, 0.4) is 0 Å². The number of piperazine rings is 1. The molecule has 0 saturated carbocycles. The molecule has 1 unspecified atom stereocenters. The molecular weight excluding hydrogens is 317 g/mol. The molecule has 1 N–H and O–H groups in total. The van der Waals surface area contributed by atoms with E-state index in [1.807, 2.05) is 26.0 Å². The molecule has 2 rings (SSSR count). The lowest BCUT2D eigenvalue weighted by Crippen LogP contribution is -2.46. The average Bonchev–Trinajstić information content (AvgIpc) is 2.62. The van der Waals surface area contributed by atoms with Gasteiger partial charge in [0.1, 0.15) is 5.82 Å². The van der Waals surface area contributed by atoms with E-state index in [9.17, 15) is 9.18 Å². The van der Waals surface area contributed by atoms with E-state index < -0.39 is 0 Å². The van der Waals surface area contributed by atoms with Gasteiger partial charge >= 0.3 is 0 Å². The highest BCUT2D eigenvalue weighted by molar-refractivity contribution is 5.88. The van der Waals surface area contributed by atoms with Gasteiger partial charge in [0.25, 0.3) is 0 Å². The molecule has 1 aromatic carbocycles. The fraction of sp³-hybridized carbons (Fsp3) is 0.450. The predicted molar refractivity (Wildman–Crippen MR) is 101 cm³/mol. The SMILES string of the molecule is C/C=C/C=C/C(=O)NC(C)c1cc(F)ccc1N1CCN(CC)CC1. The summed E-state index contributed by atoms with van der Waals surface area (Å²) in [5, 5.41) is 2.92. The first-order chi connectivity index (χ1) is 12.0. The van der Waals surface area contributed by atoms with E-state index in [2.05, 4.69) is 22.0 Å². The average molecular weight is 345 g/mol. The minimum atomic E-state index is -0.281. The lowest BCUT2D eigenvalue weighted by molar-refractivity contribution is -0.117. The van der Waals surface area contributed by atoms with Gasteiger partial charge in [0, 0.05) is 43.5 Å². The Morgan fingerprint density at radius 1 is 1.28 bits per heavy atom. The molecule has 1 fully saturated rings. The third-order valence-corrected chi connectivity index (χ3v) is 4.53. The third kappa shape index (κ3) is 5.43. The maximum Gasteiger partial charge on any atom is 0.244 e. The number of amides is 1. The minimum Gasteiger partial charge on any atom is -0.369 e. The van der Waals surface area contributed by atoms with Crippen LogP contribution in [-0.2, 0) is 4.79 Å². The molecule has 0 radical (unpaired) electrons. The van der Waals surface area contributed by atoms with E-state index in [-0.39, 0.29) is 17.8 Å². The third-order valence-electron chi connectivity index (χ3n) is 4.53. The summed E-state index contributed by atoms with van der Waals surface area (Å²) in [4.78, 5) is 16.7. The van der Waals surface area contributed by atoms with Gasteiger partial charge in [-0.05, 0) is 38.6 Å². The smallest absolute Gasteiger partial charge is 0.244 e. The summed E-state index contributed by atoms with van der Waals surface area (Å²) < 4.78 is 13.8. The molecule has 0 aliphatic carbocycles. The second-order valence-electron chi connectivity index (χ2n) is 6.24. The summed E-state index contributed by atoms with van der Waals surface area (Å²) >= 11 is 0. The number of hydrogen-bond acceptors (Lipinski definition) is 3. The van der Waals surface area contributed by atoms with Crippen molar-refractivity contribution >= 4 is 11.6 Å². The number of benzene rings is 1. The van der Waals surface area contributed by atoms with Gasteiger partial charge in [-0.25, -0.2) is 4.39 Å². The standard InChI is InChI=1S/C20H28FN3O/c1-4-6-7-8-20(25)22-16(3)18-15-17(21)9-10-19(18)24-13-11-23(5-2)12-14-24/h4,6-10,15-16H,5,11-14H2,1-3H3,(H,22,25)/b6-4+,8-7+. The van der Waals surface area contributed by atoms with Crippen molar-refractivity contribution in [1.29, 1.82) is 0 Å². The summed E-state index contributed by atoms with van der Waals surface area (Å²) in [6, 6.07) is 4.58. The van der Waals surface area contributed by atoms with Crippen LogP contribution in [0.25, 0.3) is 0 Å². The van der Waals surface area contributed by atoms with Crippen molar-refractivity contribution in [3.8, 4) is 0 Å². The number of rotatable bonds is 6. The Hall–Kier alpha value is -2.14. The molecule has 1 saturated heterocycles. The van der Waals surface area contributed by atoms with E-state index in [4.69, 9.17) is 0 Å². The van der Waals surface area contributed by atoms with Crippen LogP contribution in [0.5, 0.6) is 0 Å². The van der Waals surface area contributed by atoms with E-state index >= 15 is 0 Å². The van der Waals surface area contributed by atoms with Crippen LogP contribution in [0.2, 0.25) is 0 Å². The fourth-order valence-electron chi connectivity index (χ4n) is 3.06. The molecular formula is C20H28FN3O. The number of halogens is 1. The van der Waals surface area contributed by atoms with E-state index in [1.165, 1.54) is 18.2 Å². The lowest BCUT2D eigenvalue weighted by Gasteiger charge is -2.37. The zero-order valence-corrected chi connectivity index (χ0v) is 15.3. The number of carbonyl (C=O) groups is 1. The number of carbonyl (C=O) groups excluding carboxylic acids is 1. The van der Waals surface area contributed by atoms with Gasteiger partial charge in [-0.3, -0.25) is 4.79 Å². The van der Waals surface area contributed by atoms with Crippen molar-refractivity contribution in [1.82, 2.24) is 10.2 Å². The molecule has 1 amide bonds. The number of likely N-dealkylation sites (N-methyl/N-ethyl adjacent to an activating group) is 1. The van der Waals surface area contributed by atoms with Crippen molar-refractivity contribution in [2.75, 3.05) is 37.6 Å². The second kappa shape index (κ2) is 9.37. The highest BCUT2D eigenvalue weighted by atomic mass is 19.1. The number of allylic oxidation sites excluding steroid dienone is 3. The van der Waals surface area contributed by atoms with Crippen LogP contribution in [0.4, 0.5) is 10.1 Å². The Kier molecular flexibility index (Phi) is 7.19. The summed E-state index contributed by atoms with van der Waals surface area (Å²) in [7, 11) is 0. The first-order valence-corrected chi connectivity index (χ1v) is 8.91. The van der Waals surface area contributed by atoms with E-state index in [0.29, 0.717) is 0 Å². The van der Waals surface area contributed by atoms with Gasteiger partial charge in [0.05, 0.1) is 6.04 Å². The van der Waals surface area contributed by atoms with Crippen molar-refractivity contribution in [3.63, 3.8) is 0 Å². The van der Waals surface area contributed by atoms with Gasteiger partial charge < -0.3 is 15.1 Å². The first kappa shape index (κ1) is 19.2. The van der Waals surface area contributed by atoms with Crippen molar-refractivity contribution in [2.24, 2.45) is 0 Å². The van der Waals surface area contributed by atoms with Gasteiger partial charge in [-0.1, -0.05) is 25.2 Å². The number of anilines is 1. The van der Waals surface area contributed by atoms with Crippen LogP contribution in [0.1, 0.15) is 32.4 Å². The summed E-state index contributed by atoms with van der Waals surface area (Å²) in [5.74, 6) is -0.465. The first-order valence-electron chi connectivity index (χ1n) is 8.91. The highest BCUT2D eigenvalue weighted by Gasteiger charge is 2.21. The topological polar surface area (TPSA) is 35.6 Å². The molecule has 136 valence electrons. The van der Waals surface area contributed by atoms with Gasteiger partial charge in [0.2, 0.25) is 5.91 Å². The molecule has 0 aromatic heterocycles. The molecule has 4 nitrogen and oxygen atoms in total. The van der Waals surface area contributed by atoms with Crippen molar-refractivity contribution in [2.45, 2.75) is 26.8 Å². The molecule has 0 spiro atoms. The largest absolute Gasteiger partial charge is 0.369 e. The zero-order chi connectivity index (χ0) is 18.2. The molecule has 1 aliphatic rings. The second-order valence-corrected chi connectivity index (χ2v) is 6.24.